The van der Waals surface area contributed by atoms with E-state index >= 15 is 0 Å². The van der Waals surface area contributed by atoms with Gasteiger partial charge in [0.15, 0.2) is 0 Å². The molecule has 1 aromatic carbocycles. The summed E-state index contributed by atoms with van der Waals surface area (Å²) in [6.45, 7) is 6.00. The highest BCUT2D eigenvalue weighted by Crippen LogP contribution is 2.36. The van der Waals surface area contributed by atoms with Crippen LogP contribution >= 0.6 is 11.6 Å². The summed E-state index contributed by atoms with van der Waals surface area (Å²) in [5.41, 5.74) is 2.52. The number of halogens is 1. The lowest BCUT2D eigenvalue weighted by atomic mass is 9.99. The number of morpholine rings is 1. The zero-order valence-corrected chi connectivity index (χ0v) is 10.3. The van der Waals surface area contributed by atoms with Crippen LogP contribution in [0.25, 0.3) is 0 Å². The van der Waals surface area contributed by atoms with E-state index in [9.17, 15) is 5.11 Å². The van der Waals surface area contributed by atoms with E-state index in [1.165, 1.54) is 0 Å². The molecule has 0 aromatic heterocycles. The third kappa shape index (κ3) is 2.03. The average Bonchev–Trinajstić information content (AvgIpc) is 2.28. The maximum Gasteiger partial charge on any atom is 0.121 e. The Balaban J connectivity index is 2.42. The summed E-state index contributed by atoms with van der Waals surface area (Å²) in [4.78, 5) is 0. The van der Waals surface area contributed by atoms with E-state index in [0.717, 1.165) is 29.8 Å². The SMILES string of the molecule is Cc1cc(Cl)c(C2CNCCO2)c(C)c1O. The smallest absolute Gasteiger partial charge is 0.121 e. The topological polar surface area (TPSA) is 41.5 Å². The lowest BCUT2D eigenvalue weighted by Crippen LogP contribution is -2.33. The number of phenols is 1. The quantitative estimate of drug-likeness (QED) is 0.793. The van der Waals surface area contributed by atoms with Crippen LogP contribution in [0.15, 0.2) is 6.07 Å². The highest BCUT2D eigenvalue weighted by atomic mass is 35.5. The summed E-state index contributed by atoms with van der Waals surface area (Å²) in [5.74, 6) is 0.313. The Morgan fingerprint density at radius 1 is 1.50 bits per heavy atom. The molecule has 1 aromatic rings. The van der Waals surface area contributed by atoms with Gasteiger partial charge in [-0.15, -0.1) is 0 Å². The van der Waals surface area contributed by atoms with Crippen molar-refractivity contribution in [3.63, 3.8) is 0 Å². The molecule has 0 radical (unpaired) electrons. The first kappa shape index (κ1) is 11.7. The van der Waals surface area contributed by atoms with Crippen LogP contribution in [0.3, 0.4) is 0 Å². The van der Waals surface area contributed by atoms with Gasteiger partial charge in [-0.25, -0.2) is 0 Å². The van der Waals surface area contributed by atoms with Gasteiger partial charge in [0.2, 0.25) is 0 Å². The van der Waals surface area contributed by atoms with Crippen LogP contribution in [0.2, 0.25) is 5.02 Å². The van der Waals surface area contributed by atoms with Crippen LogP contribution in [0.1, 0.15) is 22.8 Å². The van der Waals surface area contributed by atoms with Gasteiger partial charge in [-0.05, 0) is 31.0 Å². The number of aromatic hydroxyl groups is 1. The fraction of sp³-hybridized carbons (Fsp3) is 0.500. The van der Waals surface area contributed by atoms with Crippen molar-refractivity contribution in [2.24, 2.45) is 0 Å². The molecule has 1 saturated heterocycles. The molecule has 1 atom stereocenters. The Bertz CT molecular complexity index is 400. The highest BCUT2D eigenvalue weighted by molar-refractivity contribution is 6.31. The van der Waals surface area contributed by atoms with E-state index in [0.29, 0.717) is 17.4 Å². The van der Waals surface area contributed by atoms with Crippen molar-refractivity contribution < 1.29 is 9.84 Å². The lowest BCUT2D eigenvalue weighted by molar-refractivity contribution is 0.0272. The molecule has 1 fully saturated rings. The van der Waals surface area contributed by atoms with E-state index < -0.39 is 0 Å². The van der Waals surface area contributed by atoms with Crippen LogP contribution in [0, 0.1) is 13.8 Å². The van der Waals surface area contributed by atoms with Gasteiger partial charge in [0.1, 0.15) is 5.75 Å². The summed E-state index contributed by atoms with van der Waals surface area (Å²) in [6.07, 6.45) is -0.0623. The molecule has 1 unspecified atom stereocenters. The summed E-state index contributed by atoms with van der Waals surface area (Å²) in [6, 6.07) is 1.79. The highest BCUT2D eigenvalue weighted by Gasteiger charge is 2.22. The van der Waals surface area contributed by atoms with Crippen molar-refractivity contribution in [1.29, 1.82) is 0 Å². The maximum atomic E-state index is 9.91. The predicted molar refractivity (Wildman–Crippen MR) is 64.2 cm³/mol. The number of rotatable bonds is 1. The molecule has 0 saturated carbocycles. The molecule has 0 amide bonds. The summed E-state index contributed by atoms with van der Waals surface area (Å²) >= 11 is 6.22. The molecule has 1 heterocycles. The number of nitrogens with one attached hydrogen (secondary N) is 1. The Kier molecular flexibility index (Phi) is 3.38. The Morgan fingerprint density at radius 3 is 2.88 bits per heavy atom. The minimum Gasteiger partial charge on any atom is -0.507 e. The van der Waals surface area contributed by atoms with Gasteiger partial charge < -0.3 is 15.2 Å². The predicted octanol–water partition coefficient (Wildman–Crippen LogP) is 2.32. The monoisotopic (exact) mass is 241 g/mol. The van der Waals surface area contributed by atoms with Crippen molar-refractivity contribution in [2.75, 3.05) is 19.7 Å². The Hall–Kier alpha value is -0.770. The summed E-state index contributed by atoms with van der Waals surface area (Å²) in [5, 5.41) is 13.8. The van der Waals surface area contributed by atoms with Gasteiger partial charge in [0.05, 0.1) is 12.7 Å². The minimum atomic E-state index is -0.0623. The van der Waals surface area contributed by atoms with Gasteiger partial charge in [-0.2, -0.15) is 0 Å². The van der Waals surface area contributed by atoms with Gasteiger partial charge in [0, 0.05) is 23.7 Å². The van der Waals surface area contributed by atoms with Crippen molar-refractivity contribution in [1.82, 2.24) is 5.32 Å². The molecule has 3 nitrogen and oxygen atoms in total. The fourth-order valence-electron chi connectivity index (χ4n) is 2.08. The molecule has 2 N–H and O–H groups in total. The molecule has 0 aliphatic carbocycles. The average molecular weight is 242 g/mol. The van der Waals surface area contributed by atoms with Crippen LogP contribution in [0.5, 0.6) is 5.75 Å². The number of hydrogen-bond acceptors (Lipinski definition) is 3. The third-order valence-corrected chi connectivity index (χ3v) is 3.30. The van der Waals surface area contributed by atoms with E-state index in [1.807, 2.05) is 13.8 Å². The van der Waals surface area contributed by atoms with E-state index in [2.05, 4.69) is 5.32 Å². The van der Waals surface area contributed by atoms with Crippen LogP contribution in [-0.4, -0.2) is 24.8 Å². The van der Waals surface area contributed by atoms with E-state index in [1.54, 1.807) is 6.07 Å². The summed E-state index contributed by atoms with van der Waals surface area (Å²) < 4.78 is 5.66. The zero-order valence-electron chi connectivity index (χ0n) is 9.51. The normalized spacial score (nSPS) is 21.1. The third-order valence-electron chi connectivity index (χ3n) is 2.98. The number of hydrogen-bond donors (Lipinski definition) is 2. The standard InChI is InChI=1S/C12H16ClNO2/c1-7-5-9(13)11(8(2)12(7)15)10-6-14-3-4-16-10/h5,10,14-15H,3-4,6H2,1-2H3. The fourth-order valence-corrected chi connectivity index (χ4v) is 2.51. The molecule has 1 aliphatic rings. The van der Waals surface area contributed by atoms with Crippen molar-refractivity contribution in [3.8, 4) is 5.75 Å². The lowest BCUT2D eigenvalue weighted by Gasteiger charge is -2.26. The number of ether oxygens (including phenoxy) is 1. The molecule has 0 bridgehead atoms. The molecule has 16 heavy (non-hydrogen) atoms. The van der Waals surface area contributed by atoms with Crippen molar-refractivity contribution in [2.45, 2.75) is 20.0 Å². The summed E-state index contributed by atoms with van der Waals surface area (Å²) in [7, 11) is 0. The van der Waals surface area contributed by atoms with Crippen molar-refractivity contribution >= 4 is 11.6 Å². The number of benzene rings is 1. The Morgan fingerprint density at radius 2 is 2.25 bits per heavy atom. The first-order chi connectivity index (χ1) is 7.61. The molecule has 0 spiro atoms. The van der Waals surface area contributed by atoms with Gasteiger partial charge in [-0.1, -0.05) is 11.6 Å². The maximum absolute atomic E-state index is 9.91. The van der Waals surface area contributed by atoms with Gasteiger partial charge >= 0.3 is 0 Å². The molecule has 88 valence electrons. The van der Waals surface area contributed by atoms with E-state index in [4.69, 9.17) is 16.3 Å². The molecule has 1 aliphatic heterocycles. The first-order valence-electron chi connectivity index (χ1n) is 5.42. The zero-order chi connectivity index (χ0) is 11.7. The van der Waals surface area contributed by atoms with Crippen LogP contribution in [-0.2, 0) is 4.74 Å². The van der Waals surface area contributed by atoms with E-state index in [-0.39, 0.29) is 6.10 Å². The number of phenolic OH excluding ortho intramolecular Hbond substituents is 1. The molecular weight excluding hydrogens is 226 g/mol. The second-order valence-corrected chi connectivity index (χ2v) is 4.53. The van der Waals surface area contributed by atoms with Crippen LogP contribution < -0.4 is 5.32 Å². The Labute approximate surface area is 100 Å². The first-order valence-corrected chi connectivity index (χ1v) is 5.80. The van der Waals surface area contributed by atoms with Crippen LogP contribution in [0.4, 0.5) is 0 Å². The molecule has 2 rings (SSSR count). The molecular formula is C12H16ClNO2. The minimum absolute atomic E-state index is 0.0623. The largest absolute Gasteiger partial charge is 0.507 e. The van der Waals surface area contributed by atoms with Gasteiger partial charge in [-0.3, -0.25) is 0 Å². The second-order valence-electron chi connectivity index (χ2n) is 4.13. The molecule has 4 heteroatoms. The van der Waals surface area contributed by atoms with Gasteiger partial charge in [0.25, 0.3) is 0 Å². The van der Waals surface area contributed by atoms with Crippen molar-refractivity contribution in [3.05, 3.63) is 27.8 Å². The second kappa shape index (κ2) is 4.62. The number of aryl methyl sites for hydroxylation is 1.